The largest absolute Gasteiger partial charge is 0.355 e. The molecule has 2 amide bonds. The fourth-order valence-corrected chi connectivity index (χ4v) is 1.34. The van der Waals surface area contributed by atoms with Crippen molar-refractivity contribution in [1.29, 1.82) is 0 Å². The predicted octanol–water partition coefficient (Wildman–Crippen LogP) is -0.118. The lowest BCUT2D eigenvalue weighted by Gasteiger charge is -2.05. The van der Waals surface area contributed by atoms with Crippen LogP contribution in [0.15, 0.2) is 24.3 Å². The van der Waals surface area contributed by atoms with Gasteiger partial charge in [0.25, 0.3) is 5.91 Å². The monoisotopic (exact) mass is 235 g/mol. The van der Waals surface area contributed by atoms with Gasteiger partial charge in [0.05, 0.1) is 6.54 Å². The van der Waals surface area contributed by atoms with E-state index < -0.39 is 0 Å². The summed E-state index contributed by atoms with van der Waals surface area (Å²) in [6.45, 7) is 0.769. The smallest absolute Gasteiger partial charge is 0.251 e. The van der Waals surface area contributed by atoms with Crippen molar-refractivity contribution in [3.63, 3.8) is 0 Å². The van der Waals surface area contributed by atoms with E-state index in [-0.39, 0.29) is 11.8 Å². The van der Waals surface area contributed by atoms with Crippen molar-refractivity contribution in [1.82, 2.24) is 16.0 Å². The van der Waals surface area contributed by atoms with Crippen LogP contribution in [0.25, 0.3) is 0 Å². The van der Waals surface area contributed by atoms with Gasteiger partial charge in [-0.3, -0.25) is 9.59 Å². The maximum absolute atomic E-state index is 11.3. The Morgan fingerprint density at radius 2 is 1.76 bits per heavy atom. The molecule has 0 spiro atoms. The molecule has 0 saturated carbocycles. The van der Waals surface area contributed by atoms with E-state index in [1.165, 1.54) is 0 Å². The average molecular weight is 235 g/mol. The van der Waals surface area contributed by atoms with Gasteiger partial charge in [-0.25, -0.2) is 0 Å². The van der Waals surface area contributed by atoms with Gasteiger partial charge in [0, 0.05) is 19.2 Å². The van der Waals surface area contributed by atoms with Crippen molar-refractivity contribution in [3.05, 3.63) is 35.4 Å². The third kappa shape index (κ3) is 4.24. The molecule has 0 heterocycles. The zero-order chi connectivity index (χ0) is 12.7. The molecule has 1 aromatic carbocycles. The zero-order valence-corrected chi connectivity index (χ0v) is 10.0. The number of rotatable bonds is 5. The summed E-state index contributed by atoms with van der Waals surface area (Å²) in [4.78, 5) is 22.5. The summed E-state index contributed by atoms with van der Waals surface area (Å²) in [5, 5.41) is 8.08. The van der Waals surface area contributed by atoms with Crippen molar-refractivity contribution < 1.29 is 9.59 Å². The molecular formula is C12H17N3O2. The molecule has 0 saturated heterocycles. The van der Waals surface area contributed by atoms with E-state index in [0.717, 1.165) is 5.56 Å². The third-order valence-electron chi connectivity index (χ3n) is 2.27. The van der Waals surface area contributed by atoms with E-state index >= 15 is 0 Å². The number of amides is 2. The molecule has 5 nitrogen and oxygen atoms in total. The molecule has 0 aliphatic rings. The normalized spacial score (nSPS) is 9.76. The van der Waals surface area contributed by atoms with Gasteiger partial charge in [0.1, 0.15) is 0 Å². The lowest BCUT2D eigenvalue weighted by molar-refractivity contribution is -0.120. The van der Waals surface area contributed by atoms with Crippen molar-refractivity contribution in [3.8, 4) is 0 Å². The number of carbonyl (C=O) groups excluding carboxylic acids is 2. The second kappa shape index (κ2) is 6.65. The minimum Gasteiger partial charge on any atom is -0.355 e. The molecular weight excluding hydrogens is 218 g/mol. The summed E-state index contributed by atoms with van der Waals surface area (Å²) >= 11 is 0. The molecule has 1 aromatic rings. The number of hydrogen-bond donors (Lipinski definition) is 3. The summed E-state index contributed by atoms with van der Waals surface area (Å²) in [7, 11) is 3.31. The molecule has 0 aromatic heterocycles. The molecule has 0 aliphatic carbocycles. The summed E-state index contributed by atoms with van der Waals surface area (Å²) < 4.78 is 0. The van der Waals surface area contributed by atoms with Gasteiger partial charge in [-0.15, -0.1) is 0 Å². The highest BCUT2D eigenvalue weighted by atomic mass is 16.2. The Balaban J connectivity index is 2.51. The fraction of sp³-hybridized carbons (Fsp3) is 0.333. The summed E-state index contributed by atoms with van der Waals surface area (Å²) in [5.74, 6) is -0.168. The van der Waals surface area contributed by atoms with E-state index in [1.54, 1.807) is 26.2 Å². The Bertz CT molecular complexity index is 387. The van der Waals surface area contributed by atoms with E-state index in [9.17, 15) is 9.59 Å². The number of likely N-dealkylation sites (N-methyl/N-ethyl adjacent to an activating group) is 1. The van der Waals surface area contributed by atoms with Crippen LogP contribution in [0.2, 0.25) is 0 Å². The van der Waals surface area contributed by atoms with Crippen LogP contribution in [-0.2, 0) is 11.3 Å². The maximum atomic E-state index is 11.3. The Kier molecular flexibility index (Phi) is 5.16. The van der Waals surface area contributed by atoms with Gasteiger partial charge in [-0.05, 0) is 24.7 Å². The second-order valence-electron chi connectivity index (χ2n) is 3.58. The van der Waals surface area contributed by atoms with Crippen LogP contribution in [-0.4, -0.2) is 32.5 Å². The van der Waals surface area contributed by atoms with Crippen molar-refractivity contribution in [2.24, 2.45) is 0 Å². The Morgan fingerprint density at radius 3 is 2.29 bits per heavy atom. The first-order valence-corrected chi connectivity index (χ1v) is 5.39. The van der Waals surface area contributed by atoms with E-state index in [1.807, 2.05) is 12.1 Å². The van der Waals surface area contributed by atoms with Crippen LogP contribution in [0.1, 0.15) is 15.9 Å². The second-order valence-corrected chi connectivity index (χ2v) is 3.58. The zero-order valence-electron chi connectivity index (χ0n) is 10.0. The molecule has 5 heteroatoms. The Morgan fingerprint density at radius 1 is 1.12 bits per heavy atom. The first-order chi connectivity index (χ1) is 8.17. The minimum absolute atomic E-state index is 0.0529. The number of hydrogen-bond acceptors (Lipinski definition) is 3. The first kappa shape index (κ1) is 13.2. The Labute approximate surface area is 101 Å². The fourth-order valence-electron chi connectivity index (χ4n) is 1.34. The van der Waals surface area contributed by atoms with Crippen LogP contribution < -0.4 is 16.0 Å². The molecule has 0 radical (unpaired) electrons. The lowest BCUT2D eigenvalue weighted by Crippen LogP contribution is -2.31. The van der Waals surface area contributed by atoms with Gasteiger partial charge < -0.3 is 16.0 Å². The van der Waals surface area contributed by atoms with Crippen LogP contribution >= 0.6 is 0 Å². The lowest BCUT2D eigenvalue weighted by atomic mass is 10.1. The first-order valence-electron chi connectivity index (χ1n) is 5.39. The van der Waals surface area contributed by atoms with Crippen molar-refractivity contribution in [2.75, 3.05) is 20.6 Å². The van der Waals surface area contributed by atoms with Crippen molar-refractivity contribution in [2.45, 2.75) is 6.54 Å². The number of benzene rings is 1. The highest BCUT2D eigenvalue weighted by Crippen LogP contribution is 2.03. The van der Waals surface area contributed by atoms with Crippen LogP contribution in [0.3, 0.4) is 0 Å². The average Bonchev–Trinajstić information content (AvgIpc) is 2.36. The van der Waals surface area contributed by atoms with E-state index in [4.69, 9.17) is 0 Å². The molecule has 3 N–H and O–H groups in total. The SMILES string of the molecule is CNCC(=O)NCc1ccc(C(=O)NC)cc1. The molecule has 0 bridgehead atoms. The van der Waals surface area contributed by atoms with Gasteiger partial charge in [-0.2, -0.15) is 0 Å². The van der Waals surface area contributed by atoms with Crippen LogP contribution in [0.4, 0.5) is 0 Å². The molecule has 0 unspecified atom stereocenters. The summed E-state index contributed by atoms with van der Waals surface area (Å²) in [5.41, 5.74) is 1.57. The molecule has 92 valence electrons. The molecule has 0 aliphatic heterocycles. The van der Waals surface area contributed by atoms with Gasteiger partial charge in [0.15, 0.2) is 0 Å². The standard InChI is InChI=1S/C12H17N3O2/c1-13-8-11(16)15-7-9-3-5-10(6-4-9)12(17)14-2/h3-6,13H,7-8H2,1-2H3,(H,14,17)(H,15,16). The number of carbonyl (C=O) groups is 2. The van der Waals surface area contributed by atoms with Crippen molar-refractivity contribution >= 4 is 11.8 Å². The summed E-state index contributed by atoms with van der Waals surface area (Å²) in [6, 6.07) is 7.12. The highest BCUT2D eigenvalue weighted by Gasteiger charge is 2.03. The molecule has 0 fully saturated rings. The third-order valence-corrected chi connectivity index (χ3v) is 2.27. The highest BCUT2D eigenvalue weighted by molar-refractivity contribution is 5.93. The van der Waals surface area contributed by atoms with Crippen LogP contribution in [0, 0.1) is 0 Å². The summed E-state index contributed by atoms with van der Waals surface area (Å²) in [6.07, 6.45) is 0. The molecule has 0 atom stereocenters. The minimum atomic E-state index is -0.115. The Hall–Kier alpha value is -1.88. The number of nitrogens with one attached hydrogen (secondary N) is 3. The topological polar surface area (TPSA) is 70.2 Å². The van der Waals surface area contributed by atoms with Gasteiger partial charge in [0.2, 0.25) is 5.91 Å². The van der Waals surface area contributed by atoms with Gasteiger partial charge >= 0.3 is 0 Å². The maximum Gasteiger partial charge on any atom is 0.251 e. The van der Waals surface area contributed by atoms with Gasteiger partial charge in [-0.1, -0.05) is 12.1 Å². The van der Waals surface area contributed by atoms with Crippen LogP contribution in [0.5, 0.6) is 0 Å². The quantitative estimate of drug-likeness (QED) is 0.666. The van der Waals surface area contributed by atoms with E-state index in [0.29, 0.717) is 18.7 Å². The molecule has 17 heavy (non-hydrogen) atoms. The predicted molar refractivity (Wildman–Crippen MR) is 65.6 cm³/mol. The molecule has 1 rings (SSSR count). The van der Waals surface area contributed by atoms with E-state index in [2.05, 4.69) is 16.0 Å².